The second-order valence-corrected chi connectivity index (χ2v) is 5.59. The van der Waals surface area contributed by atoms with Crippen molar-refractivity contribution in [2.24, 2.45) is 0 Å². The molecule has 1 aromatic heterocycles. The molecule has 3 unspecified atom stereocenters. The Kier molecular flexibility index (Phi) is 4.89. The van der Waals surface area contributed by atoms with Gasteiger partial charge in [-0.15, -0.1) is 5.10 Å². The lowest BCUT2D eigenvalue weighted by molar-refractivity contribution is -0.120. The first-order valence-electron chi connectivity index (χ1n) is 7.65. The minimum atomic E-state index is -0.847. The van der Waals surface area contributed by atoms with Crippen LogP contribution < -0.4 is 0 Å². The first-order valence-corrected chi connectivity index (χ1v) is 7.65. The van der Waals surface area contributed by atoms with E-state index in [1.54, 1.807) is 35.1 Å². The highest BCUT2D eigenvalue weighted by atomic mass is 16.5. The molecule has 0 spiro atoms. The van der Waals surface area contributed by atoms with E-state index in [-0.39, 0.29) is 12.6 Å². The zero-order valence-electron chi connectivity index (χ0n) is 13.2. The third-order valence-electron chi connectivity index (χ3n) is 4.15. The summed E-state index contributed by atoms with van der Waals surface area (Å²) in [5.41, 5.74) is 1.89. The van der Waals surface area contributed by atoms with Gasteiger partial charge in [-0.05, 0) is 18.6 Å². The van der Waals surface area contributed by atoms with Crippen molar-refractivity contribution in [1.29, 1.82) is 0 Å². The number of ether oxygens (including phenoxy) is 2. The van der Waals surface area contributed by atoms with Gasteiger partial charge < -0.3 is 19.7 Å². The van der Waals surface area contributed by atoms with Gasteiger partial charge in [0, 0.05) is 12.2 Å². The van der Waals surface area contributed by atoms with Gasteiger partial charge in [0.15, 0.2) is 0 Å². The van der Waals surface area contributed by atoms with Gasteiger partial charge in [0.1, 0.15) is 17.9 Å². The van der Waals surface area contributed by atoms with Crippen molar-refractivity contribution >= 4 is 5.97 Å². The number of methoxy groups -OCH3 is 1. The van der Waals surface area contributed by atoms with Crippen molar-refractivity contribution in [3.8, 4) is 11.3 Å². The summed E-state index contributed by atoms with van der Waals surface area (Å²) in [6, 6.07) is 6.54. The molecular weight excluding hydrogens is 314 g/mol. The van der Waals surface area contributed by atoms with Crippen LogP contribution in [-0.2, 0) is 9.47 Å². The molecule has 0 saturated carbocycles. The lowest BCUT2D eigenvalue weighted by Gasteiger charge is -2.33. The molecule has 1 saturated heterocycles. The van der Waals surface area contributed by atoms with Crippen LogP contribution in [0.3, 0.4) is 0 Å². The Morgan fingerprint density at radius 1 is 1.42 bits per heavy atom. The van der Waals surface area contributed by atoms with Gasteiger partial charge in [0.05, 0.1) is 31.5 Å². The summed E-state index contributed by atoms with van der Waals surface area (Å²) in [6.07, 6.45) is 0.860. The molecule has 1 aliphatic rings. The third-order valence-corrected chi connectivity index (χ3v) is 4.15. The molecule has 0 radical (unpaired) electrons. The van der Waals surface area contributed by atoms with E-state index in [4.69, 9.17) is 4.74 Å². The zero-order valence-corrected chi connectivity index (χ0v) is 13.2. The molecule has 3 atom stereocenters. The quantitative estimate of drug-likeness (QED) is 0.781. The minimum Gasteiger partial charge on any atom is -0.465 e. The van der Waals surface area contributed by atoms with Crippen LogP contribution in [-0.4, -0.2) is 63.7 Å². The van der Waals surface area contributed by atoms with Gasteiger partial charge >= 0.3 is 5.97 Å². The van der Waals surface area contributed by atoms with Crippen LogP contribution in [0.15, 0.2) is 30.5 Å². The molecule has 3 rings (SSSR count). The molecule has 2 N–H and O–H groups in total. The van der Waals surface area contributed by atoms with E-state index in [1.807, 2.05) is 0 Å². The van der Waals surface area contributed by atoms with E-state index in [0.717, 1.165) is 5.56 Å². The zero-order chi connectivity index (χ0) is 17.1. The Bertz CT molecular complexity index is 700. The number of benzene rings is 1. The number of hydrogen-bond acceptors (Lipinski definition) is 7. The predicted octanol–water partition coefficient (Wildman–Crippen LogP) is 0.415. The maximum Gasteiger partial charge on any atom is 0.337 e. The smallest absolute Gasteiger partial charge is 0.337 e. The first kappa shape index (κ1) is 16.6. The highest BCUT2D eigenvalue weighted by Gasteiger charge is 2.34. The number of aliphatic hydroxyl groups excluding tert-OH is 2. The maximum atomic E-state index is 11.5. The number of nitrogens with zero attached hydrogens (tertiary/aromatic N) is 3. The standard InChI is InChI=1S/C16H19N3O5/c1-23-16(22)11-4-2-10(3-5-11)12-8-19(18-17-12)13-6-7-24-14(9-20)15(13)21/h2-5,8,13-15,20-21H,6-7,9H2,1H3. The lowest BCUT2D eigenvalue weighted by Crippen LogP contribution is -2.44. The molecule has 1 aromatic carbocycles. The fourth-order valence-electron chi connectivity index (χ4n) is 2.77. The molecule has 1 aliphatic heterocycles. The van der Waals surface area contributed by atoms with Crippen molar-refractivity contribution in [1.82, 2.24) is 15.0 Å². The average molecular weight is 333 g/mol. The number of carbonyl (C=O) groups excluding carboxylic acids is 1. The van der Waals surface area contributed by atoms with Gasteiger partial charge in [0.2, 0.25) is 0 Å². The van der Waals surface area contributed by atoms with Crippen molar-refractivity contribution in [3.05, 3.63) is 36.0 Å². The highest BCUT2D eigenvalue weighted by molar-refractivity contribution is 5.89. The van der Waals surface area contributed by atoms with E-state index in [0.29, 0.717) is 24.3 Å². The maximum absolute atomic E-state index is 11.5. The van der Waals surface area contributed by atoms with Gasteiger partial charge in [0.25, 0.3) is 0 Å². The first-order chi connectivity index (χ1) is 11.6. The molecule has 0 amide bonds. The summed E-state index contributed by atoms with van der Waals surface area (Å²) < 4.78 is 11.6. The normalized spacial score (nSPS) is 23.9. The molecule has 1 fully saturated rings. The van der Waals surface area contributed by atoms with E-state index in [9.17, 15) is 15.0 Å². The molecular formula is C16H19N3O5. The molecule has 0 aliphatic carbocycles. The predicted molar refractivity (Wildman–Crippen MR) is 83.3 cm³/mol. The van der Waals surface area contributed by atoms with Gasteiger partial charge in [-0.1, -0.05) is 17.3 Å². The van der Waals surface area contributed by atoms with Crippen LogP contribution in [0, 0.1) is 0 Å². The van der Waals surface area contributed by atoms with E-state index < -0.39 is 18.2 Å². The van der Waals surface area contributed by atoms with Gasteiger partial charge in [-0.2, -0.15) is 0 Å². The van der Waals surface area contributed by atoms with E-state index >= 15 is 0 Å². The van der Waals surface area contributed by atoms with Crippen molar-refractivity contribution in [2.75, 3.05) is 20.3 Å². The highest BCUT2D eigenvalue weighted by Crippen LogP contribution is 2.26. The number of aromatic nitrogens is 3. The number of rotatable bonds is 4. The second kappa shape index (κ2) is 7.08. The number of carbonyl (C=O) groups is 1. The fraction of sp³-hybridized carbons (Fsp3) is 0.438. The third kappa shape index (κ3) is 3.16. The van der Waals surface area contributed by atoms with Crippen LogP contribution in [0.1, 0.15) is 22.8 Å². The molecule has 8 nitrogen and oxygen atoms in total. The van der Waals surface area contributed by atoms with Crippen molar-refractivity contribution in [3.63, 3.8) is 0 Å². The van der Waals surface area contributed by atoms with Crippen molar-refractivity contribution < 1.29 is 24.5 Å². The molecule has 24 heavy (non-hydrogen) atoms. The summed E-state index contributed by atoms with van der Waals surface area (Å²) >= 11 is 0. The van der Waals surface area contributed by atoms with E-state index in [1.165, 1.54) is 7.11 Å². The van der Waals surface area contributed by atoms with Gasteiger partial charge in [-0.25, -0.2) is 9.48 Å². The summed E-state index contributed by atoms with van der Waals surface area (Å²) in [5, 5.41) is 27.7. The molecule has 2 heterocycles. The summed E-state index contributed by atoms with van der Waals surface area (Å²) in [7, 11) is 1.33. The Morgan fingerprint density at radius 2 is 2.17 bits per heavy atom. The fourth-order valence-corrected chi connectivity index (χ4v) is 2.77. The Morgan fingerprint density at radius 3 is 2.83 bits per heavy atom. The summed E-state index contributed by atoms with van der Waals surface area (Å²) in [6.45, 7) is 0.199. The minimum absolute atomic E-state index is 0.242. The Balaban J connectivity index is 1.79. The summed E-state index contributed by atoms with van der Waals surface area (Å²) in [5.74, 6) is -0.398. The molecule has 8 heteroatoms. The topological polar surface area (TPSA) is 107 Å². The Hall–Kier alpha value is -2.29. The SMILES string of the molecule is COC(=O)c1ccc(-c2cn(C3CCOC(CO)C3O)nn2)cc1. The van der Waals surface area contributed by atoms with Crippen LogP contribution in [0.5, 0.6) is 0 Å². The molecule has 0 bridgehead atoms. The number of hydrogen-bond donors (Lipinski definition) is 2. The van der Waals surface area contributed by atoms with Crippen molar-refractivity contribution in [2.45, 2.75) is 24.7 Å². The van der Waals surface area contributed by atoms with E-state index in [2.05, 4.69) is 15.0 Å². The lowest BCUT2D eigenvalue weighted by atomic mass is 10.0. The van der Waals surface area contributed by atoms with Gasteiger partial charge in [-0.3, -0.25) is 0 Å². The summed E-state index contributed by atoms with van der Waals surface area (Å²) in [4.78, 5) is 11.5. The largest absolute Gasteiger partial charge is 0.465 e. The van der Waals surface area contributed by atoms with Crippen LogP contribution >= 0.6 is 0 Å². The van der Waals surface area contributed by atoms with Crippen LogP contribution in [0.25, 0.3) is 11.3 Å². The molecule has 2 aromatic rings. The number of aliphatic hydroxyl groups is 2. The Labute approximate surface area is 138 Å². The monoisotopic (exact) mass is 333 g/mol. The van der Waals surface area contributed by atoms with Crippen LogP contribution in [0.4, 0.5) is 0 Å². The molecule has 128 valence electrons. The van der Waals surface area contributed by atoms with Crippen LogP contribution in [0.2, 0.25) is 0 Å². The number of esters is 1. The average Bonchev–Trinajstić information content (AvgIpc) is 3.11. The second-order valence-electron chi connectivity index (χ2n) is 5.59.